The van der Waals surface area contributed by atoms with E-state index in [1.165, 1.54) is 20.5 Å². The molecule has 14 heteroatoms. The summed E-state index contributed by atoms with van der Waals surface area (Å²) in [6.07, 6.45) is 6.07. The first-order chi connectivity index (χ1) is 26.8. The van der Waals surface area contributed by atoms with Crippen LogP contribution in [0.4, 0.5) is 0 Å². The molecule has 0 spiro atoms. The molecule has 56 heavy (non-hydrogen) atoms. The topological polar surface area (TPSA) is 154 Å². The highest BCUT2D eigenvalue weighted by molar-refractivity contribution is 6.35. The van der Waals surface area contributed by atoms with Crippen LogP contribution in [0.25, 0.3) is 0 Å². The number of hydrogen-bond acceptors (Lipinski definition) is 11. The molecule has 2 N–H and O–H groups in total. The molecule has 8 rings (SSSR count). The second kappa shape index (κ2) is 18.7. The van der Waals surface area contributed by atoms with Crippen molar-refractivity contribution in [2.45, 2.75) is 50.4 Å². The summed E-state index contributed by atoms with van der Waals surface area (Å²) in [4.78, 5) is 36.5. The Morgan fingerprint density at radius 3 is 2.34 bits per heavy atom. The number of esters is 2. The molecule has 294 valence electrons. The highest BCUT2D eigenvalue weighted by Crippen LogP contribution is 2.36. The summed E-state index contributed by atoms with van der Waals surface area (Å²) in [5.41, 5.74) is 3.08. The van der Waals surface area contributed by atoms with Gasteiger partial charge in [0.25, 0.3) is 0 Å². The minimum absolute atomic E-state index is 0. The van der Waals surface area contributed by atoms with Gasteiger partial charge in [-0.25, -0.2) is 14.8 Å². The van der Waals surface area contributed by atoms with Crippen molar-refractivity contribution in [1.82, 2.24) is 9.88 Å². The quantitative estimate of drug-likeness (QED) is 0.0966. The molecule has 12 nitrogen and oxygen atoms in total. The summed E-state index contributed by atoms with van der Waals surface area (Å²) < 4.78 is 34.7. The van der Waals surface area contributed by atoms with Crippen LogP contribution in [0.2, 0.25) is 10.0 Å². The monoisotopic (exact) mass is 803 g/mol. The van der Waals surface area contributed by atoms with Crippen LogP contribution in [0.5, 0.6) is 17.2 Å². The molecule has 2 aromatic heterocycles. The second-order valence-corrected chi connectivity index (χ2v) is 14.5. The van der Waals surface area contributed by atoms with Gasteiger partial charge < -0.3 is 33.6 Å². The number of methoxy groups -OCH3 is 2. The fourth-order valence-electron chi connectivity index (χ4n) is 7.31. The van der Waals surface area contributed by atoms with Crippen molar-refractivity contribution in [3.63, 3.8) is 0 Å². The van der Waals surface area contributed by atoms with Crippen LogP contribution in [0.1, 0.15) is 69.9 Å². The number of rotatable bonds is 15. The Hall–Kier alpha value is -5.14. The molecule has 0 amide bonds. The van der Waals surface area contributed by atoms with Gasteiger partial charge in [0.1, 0.15) is 34.3 Å². The number of ether oxygens (including phenoxy) is 5. The normalized spacial score (nSPS) is 18.2. The number of hydrogen-bond donors (Lipinski definition) is 0. The molecule has 3 fully saturated rings. The predicted molar refractivity (Wildman–Crippen MR) is 206 cm³/mol. The predicted octanol–water partition coefficient (Wildman–Crippen LogP) is 7.52. The third-order valence-corrected chi connectivity index (χ3v) is 10.9. The second-order valence-electron chi connectivity index (χ2n) is 13.7. The van der Waals surface area contributed by atoms with Crippen molar-refractivity contribution in [3.8, 4) is 17.2 Å². The van der Waals surface area contributed by atoms with Crippen LogP contribution in [-0.2, 0) is 27.3 Å². The van der Waals surface area contributed by atoms with Crippen LogP contribution >= 0.6 is 23.2 Å². The number of benzene rings is 3. The van der Waals surface area contributed by atoms with Gasteiger partial charge in [0.15, 0.2) is 36.2 Å². The van der Waals surface area contributed by atoms with Crippen molar-refractivity contribution < 1.29 is 48.2 Å². The smallest absolute Gasteiger partial charge is 0.360 e. The third-order valence-electron chi connectivity index (χ3n) is 10.3. The van der Waals surface area contributed by atoms with Crippen molar-refractivity contribution >= 4 is 35.1 Å². The van der Waals surface area contributed by atoms with E-state index in [1.54, 1.807) is 30.6 Å². The molecular weight excluding hydrogens is 761 g/mol. The molecular formula is C42H43Cl2N3O9. The van der Waals surface area contributed by atoms with Crippen molar-refractivity contribution in [3.05, 3.63) is 135 Å². The van der Waals surface area contributed by atoms with Gasteiger partial charge in [0.05, 0.1) is 20.6 Å². The Kier molecular flexibility index (Phi) is 13.5. The molecule has 5 aromatic rings. The standard InChI is InChI=1S/C42H41Cl2N3O8.H2O/c1-50-36-12-11-29(18-38(36)51-2)37(19-32-33(43)21-45-22-34(32)44)55-42(49)35-24-53-40(46-35)25-52-30-10-6-9-28(17-30)31(26-7-4-3-5-8-26)20-41(48)54-39-23-47-15-13-27(39)14-16-47;/h3-12,17-18,21-22,24,27,31,37,39H,13-16,19-20,23,25H2,1-2H3;1H2/t31-,37-,39-;/m0./s1. The number of nitrogens with one attached hydrogen (secondary N) is 1. The van der Waals surface area contributed by atoms with E-state index in [0.29, 0.717) is 44.3 Å². The summed E-state index contributed by atoms with van der Waals surface area (Å²) in [6.45, 7) is 2.92. The molecule has 3 aliphatic rings. The third kappa shape index (κ3) is 9.62. The number of H-pyrrole nitrogens is 1. The zero-order chi connectivity index (χ0) is 38.3. The lowest BCUT2D eigenvalue weighted by Crippen LogP contribution is -2.52. The average molecular weight is 805 g/mol. The van der Waals surface area contributed by atoms with Crippen molar-refractivity contribution in [2.75, 3.05) is 33.9 Å². The molecule has 0 saturated carbocycles. The van der Waals surface area contributed by atoms with Gasteiger partial charge in [-0.2, -0.15) is 0 Å². The Morgan fingerprint density at radius 1 is 0.911 bits per heavy atom. The molecule has 0 aliphatic carbocycles. The van der Waals surface area contributed by atoms with Crippen LogP contribution in [-0.4, -0.2) is 67.3 Å². The maximum Gasteiger partial charge on any atom is 0.360 e. The van der Waals surface area contributed by atoms with E-state index in [0.717, 1.165) is 43.6 Å². The van der Waals surface area contributed by atoms with Crippen LogP contribution in [0.3, 0.4) is 0 Å². The summed E-state index contributed by atoms with van der Waals surface area (Å²) >= 11 is 12.9. The van der Waals surface area contributed by atoms with E-state index < -0.39 is 12.1 Å². The Labute approximate surface area is 334 Å². The number of aromatic nitrogens is 2. The fraction of sp³-hybridized carbons (Fsp3) is 0.333. The lowest BCUT2D eigenvalue weighted by atomic mass is 9.85. The number of carbonyl (C=O) groups is 2. The fourth-order valence-corrected chi connectivity index (χ4v) is 7.84. The number of carbonyl (C=O) groups excluding carboxylic acids is 2. The summed E-state index contributed by atoms with van der Waals surface area (Å²) in [5.74, 6) is 0.972. The molecule has 5 heterocycles. The zero-order valence-corrected chi connectivity index (χ0v) is 32.5. The van der Waals surface area contributed by atoms with Gasteiger partial charge in [0, 0.05) is 24.4 Å². The minimum atomic E-state index is -0.825. The van der Waals surface area contributed by atoms with Gasteiger partial charge in [-0.3, -0.25) is 9.69 Å². The van der Waals surface area contributed by atoms with Crippen LogP contribution in [0.15, 0.2) is 95.9 Å². The van der Waals surface area contributed by atoms with E-state index in [4.69, 9.17) is 51.3 Å². The first-order valence-corrected chi connectivity index (χ1v) is 18.9. The van der Waals surface area contributed by atoms with E-state index in [-0.39, 0.29) is 54.5 Å². The molecule has 3 aromatic carbocycles. The Morgan fingerprint density at radius 2 is 1.64 bits per heavy atom. The summed E-state index contributed by atoms with van der Waals surface area (Å²) in [6, 6.07) is 22.7. The van der Waals surface area contributed by atoms with E-state index in [2.05, 4.69) is 14.9 Å². The number of oxazole rings is 1. The summed E-state index contributed by atoms with van der Waals surface area (Å²) in [5, 5.41) is 0.775. The van der Waals surface area contributed by atoms with E-state index in [1.807, 2.05) is 54.6 Å². The molecule has 3 saturated heterocycles. The molecule has 3 aliphatic heterocycles. The largest absolute Gasteiger partial charge is 0.870 e. The number of fused-ring (bicyclic) bond motifs is 3. The first-order valence-electron chi connectivity index (χ1n) is 18.2. The number of piperidine rings is 3. The highest BCUT2D eigenvalue weighted by atomic mass is 35.5. The molecule has 0 unspecified atom stereocenters. The van der Waals surface area contributed by atoms with Crippen molar-refractivity contribution in [1.29, 1.82) is 0 Å². The first kappa shape index (κ1) is 40.5. The van der Waals surface area contributed by atoms with Gasteiger partial charge in [0.2, 0.25) is 5.89 Å². The molecule has 2 bridgehead atoms. The lowest BCUT2D eigenvalue weighted by Gasteiger charge is -2.44. The molecule has 0 radical (unpaired) electrons. The maximum absolute atomic E-state index is 13.5. The van der Waals surface area contributed by atoms with E-state index >= 15 is 0 Å². The Bertz CT molecular complexity index is 2090. The maximum atomic E-state index is 13.5. The van der Waals surface area contributed by atoms with Gasteiger partial charge in [-0.15, -0.1) is 0 Å². The van der Waals surface area contributed by atoms with Gasteiger partial charge in [-0.1, -0.05) is 71.7 Å². The SMILES string of the molecule is COc1ccc([C@H](Cc2c(Cl)c[nH+]cc2Cl)OC(=O)c2coc(COc3cccc([C@@H](CC(=O)O[C@H]4CN5CCC4CC5)c4ccccc4)c3)n2)cc1OC.[OH-]. The number of pyridine rings is 1. The Balaban J connectivity index is 0.00000532. The van der Waals surface area contributed by atoms with Gasteiger partial charge in [-0.05, 0) is 72.8 Å². The zero-order valence-electron chi connectivity index (χ0n) is 31.0. The number of halogens is 2. The number of nitrogens with zero attached hydrogens (tertiary/aromatic N) is 2. The average Bonchev–Trinajstić information content (AvgIpc) is 3.70. The van der Waals surface area contributed by atoms with Gasteiger partial charge >= 0.3 is 11.9 Å². The molecule has 3 atom stereocenters. The van der Waals surface area contributed by atoms with Crippen LogP contribution < -0.4 is 19.2 Å². The summed E-state index contributed by atoms with van der Waals surface area (Å²) in [7, 11) is 3.06. The number of aromatic amines is 1. The lowest BCUT2D eigenvalue weighted by molar-refractivity contribution is -0.377. The van der Waals surface area contributed by atoms with E-state index in [9.17, 15) is 9.59 Å². The van der Waals surface area contributed by atoms with Crippen LogP contribution in [0, 0.1) is 5.92 Å². The van der Waals surface area contributed by atoms with Crippen molar-refractivity contribution in [2.24, 2.45) is 5.92 Å². The highest BCUT2D eigenvalue weighted by Gasteiger charge is 2.37. The minimum Gasteiger partial charge on any atom is -0.870 e.